The second kappa shape index (κ2) is 5.89. The van der Waals surface area contributed by atoms with Crippen LogP contribution in [0, 0.1) is 0 Å². The van der Waals surface area contributed by atoms with Crippen LogP contribution in [-0.2, 0) is 7.05 Å². The van der Waals surface area contributed by atoms with Crippen LogP contribution >= 0.6 is 0 Å². The number of hydrogen-bond acceptors (Lipinski definition) is 5. The quantitative estimate of drug-likeness (QED) is 0.645. The molecule has 1 saturated carbocycles. The normalized spacial score (nSPS) is 15.4. The number of rotatable bonds is 5. The number of aromatic amines is 1. The van der Waals surface area contributed by atoms with Crippen LogP contribution in [0.4, 0.5) is 0 Å². The molecular formula is C17H18N4O4. The maximum Gasteiger partial charge on any atom is 0.274 e. The summed E-state index contributed by atoms with van der Waals surface area (Å²) in [5.74, 6) is 0.294. The number of nitrogens with zero attached hydrogens (tertiary/aromatic N) is 2. The number of carbonyl (C=O) groups excluding carboxylic acids is 1. The van der Waals surface area contributed by atoms with Gasteiger partial charge in [-0.3, -0.25) is 19.4 Å². The number of furan rings is 1. The molecule has 1 fully saturated rings. The van der Waals surface area contributed by atoms with E-state index in [9.17, 15) is 14.7 Å². The summed E-state index contributed by atoms with van der Waals surface area (Å²) >= 11 is 0. The average Bonchev–Trinajstić information content (AvgIpc) is 3.23. The van der Waals surface area contributed by atoms with E-state index in [0.717, 1.165) is 18.5 Å². The molecule has 1 unspecified atom stereocenters. The monoisotopic (exact) mass is 342 g/mol. The number of H-pyrrole nitrogens is 1. The lowest BCUT2D eigenvalue weighted by Crippen LogP contribution is -2.29. The number of carbonyl (C=O) groups is 1. The molecule has 130 valence electrons. The number of aliphatic hydroxyl groups is 1. The van der Waals surface area contributed by atoms with Gasteiger partial charge in [-0.05, 0) is 31.0 Å². The molecule has 0 saturated heterocycles. The Morgan fingerprint density at radius 3 is 3.04 bits per heavy atom. The molecule has 0 aliphatic heterocycles. The molecule has 4 rings (SSSR count). The van der Waals surface area contributed by atoms with E-state index < -0.39 is 12.0 Å². The Morgan fingerprint density at radius 1 is 1.56 bits per heavy atom. The minimum atomic E-state index is -0.951. The fourth-order valence-corrected chi connectivity index (χ4v) is 2.91. The molecule has 0 radical (unpaired) electrons. The summed E-state index contributed by atoms with van der Waals surface area (Å²) in [6.45, 7) is -0.0142. The van der Waals surface area contributed by atoms with Crippen molar-refractivity contribution in [1.82, 2.24) is 20.1 Å². The van der Waals surface area contributed by atoms with E-state index in [1.807, 2.05) is 0 Å². The molecule has 3 heterocycles. The van der Waals surface area contributed by atoms with E-state index in [2.05, 4.69) is 15.4 Å². The number of hydrogen-bond donors (Lipinski definition) is 3. The fraction of sp³-hybridized carbons (Fsp3) is 0.353. The Morgan fingerprint density at radius 2 is 2.36 bits per heavy atom. The van der Waals surface area contributed by atoms with Crippen LogP contribution in [0.15, 0.2) is 33.7 Å². The van der Waals surface area contributed by atoms with E-state index in [4.69, 9.17) is 4.42 Å². The highest BCUT2D eigenvalue weighted by Crippen LogP contribution is 2.39. The minimum Gasteiger partial charge on any atom is -0.467 e. The molecular weight excluding hydrogens is 324 g/mol. The number of aromatic nitrogens is 3. The lowest BCUT2D eigenvalue weighted by Gasteiger charge is -2.11. The maximum absolute atomic E-state index is 12.6. The summed E-state index contributed by atoms with van der Waals surface area (Å²) in [6.07, 6.45) is 2.58. The Hall–Kier alpha value is -2.87. The van der Waals surface area contributed by atoms with Gasteiger partial charge in [0.05, 0.1) is 23.8 Å². The van der Waals surface area contributed by atoms with E-state index >= 15 is 0 Å². The van der Waals surface area contributed by atoms with Crippen LogP contribution in [0.1, 0.15) is 46.7 Å². The zero-order valence-corrected chi connectivity index (χ0v) is 13.7. The second-order valence-corrected chi connectivity index (χ2v) is 6.31. The molecule has 0 spiro atoms. The van der Waals surface area contributed by atoms with Gasteiger partial charge in [-0.2, -0.15) is 0 Å². The predicted octanol–water partition coefficient (Wildman–Crippen LogP) is 1.20. The molecule has 1 atom stereocenters. The molecule has 3 aromatic heterocycles. The van der Waals surface area contributed by atoms with Crippen molar-refractivity contribution in [3.05, 3.63) is 51.8 Å². The predicted molar refractivity (Wildman–Crippen MR) is 89.3 cm³/mol. The molecule has 0 aromatic carbocycles. The van der Waals surface area contributed by atoms with E-state index in [0.29, 0.717) is 17.3 Å². The van der Waals surface area contributed by atoms with Gasteiger partial charge in [-0.15, -0.1) is 0 Å². The summed E-state index contributed by atoms with van der Waals surface area (Å²) < 4.78 is 6.64. The van der Waals surface area contributed by atoms with Gasteiger partial charge in [-0.25, -0.2) is 4.98 Å². The van der Waals surface area contributed by atoms with Crippen molar-refractivity contribution < 1.29 is 14.3 Å². The van der Waals surface area contributed by atoms with Crippen molar-refractivity contribution in [2.24, 2.45) is 7.05 Å². The summed E-state index contributed by atoms with van der Waals surface area (Å²) in [6, 6.07) is 4.98. The highest BCUT2D eigenvalue weighted by molar-refractivity contribution is 6.05. The smallest absolute Gasteiger partial charge is 0.274 e. The van der Waals surface area contributed by atoms with Crippen molar-refractivity contribution in [3.8, 4) is 0 Å². The van der Waals surface area contributed by atoms with Gasteiger partial charge in [0.2, 0.25) is 0 Å². The Bertz CT molecular complexity index is 982. The average molecular weight is 342 g/mol. The van der Waals surface area contributed by atoms with Crippen molar-refractivity contribution in [3.63, 3.8) is 0 Å². The number of amides is 1. The van der Waals surface area contributed by atoms with E-state index in [1.165, 1.54) is 10.9 Å². The summed E-state index contributed by atoms with van der Waals surface area (Å²) in [4.78, 5) is 29.4. The first-order valence-corrected chi connectivity index (χ1v) is 8.14. The number of aliphatic hydroxyl groups excluding tert-OH is 1. The largest absolute Gasteiger partial charge is 0.467 e. The van der Waals surface area contributed by atoms with Crippen molar-refractivity contribution in [2.45, 2.75) is 24.9 Å². The van der Waals surface area contributed by atoms with Crippen LogP contribution < -0.4 is 10.9 Å². The Kier molecular flexibility index (Phi) is 3.69. The molecule has 8 nitrogen and oxygen atoms in total. The SMILES string of the molecule is Cn1[nH]c(=O)c2c(C(=O)NCC(O)c3ccco3)cc(C3CC3)nc21. The third-order valence-corrected chi connectivity index (χ3v) is 4.40. The summed E-state index contributed by atoms with van der Waals surface area (Å²) in [5, 5.41) is 15.6. The van der Waals surface area contributed by atoms with Crippen molar-refractivity contribution in [1.29, 1.82) is 0 Å². The van der Waals surface area contributed by atoms with Gasteiger partial charge in [0, 0.05) is 18.7 Å². The first kappa shape index (κ1) is 15.6. The third-order valence-electron chi connectivity index (χ3n) is 4.40. The highest BCUT2D eigenvalue weighted by Gasteiger charge is 2.28. The number of aryl methyl sites for hydroxylation is 1. The highest BCUT2D eigenvalue weighted by atomic mass is 16.4. The van der Waals surface area contributed by atoms with Crippen LogP contribution in [-0.4, -0.2) is 32.3 Å². The summed E-state index contributed by atoms with van der Waals surface area (Å²) in [5.41, 5.74) is 1.20. The Labute approximate surface area is 142 Å². The topological polar surface area (TPSA) is 113 Å². The van der Waals surface area contributed by atoms with Crippen LogP contribution in [0.3, 0.4) is 0 Å². The van der Waals surface area contributed by atoms with E-state index in [-0.39, 0.29) is 23.1 Å². The lowest BCUT2D eigenvalue weighted by atomic mass is 10.1. The van der Waals surface area contributed by atoms with Crippen molar-refractivity contribution >= 4 is 16.9 Å². The Balaban J connectivity index is 1.65. The van der Waals surface area contributed by atoms with Crippen molar-refractivity contribution in [2.75, 3.05) is 6.54 Å². The molecule has 0 bridgehead atoms. The van der Waals surface area contributed by atoms with Gasteiger partial charge in [0.1, 0.15) is 11.9 Å². The molecule has 1 aliphatic rings. The molecule has 3 N–H and O–H groups in total. The summed E-state index contributed by atoms with van der Waals surface area (Å²) in [7, 11) is 1.69. The second-order valence-electron chi connectivity index (χ2n) is 6.31. The first-order valence-electron chi connectivity index (χ1n) is 8.14. The van der Waals surface area contributed by atoms with E-state index in [1.54, 1.807) is 25.2 Å². The molecule has 3 aromatic rings. The zero-order valence-electron chi connectivity index (χ0n) is 13.7. The number of pyridine rings is 1. The van der Waals surface area contributed by atoms with Crippen LogP contribution in [0.2, 0.25) is 0 Å². The molecule has 1 aliphatic carbocycles. The van der Waals surface area contributed by atoms with Gasteiger partial charge in [0.15, 0.2) is 5.65 Å². The van der Waals surface area contributed by atoms with Gasteiger partial charge in [-0.1, -0.05) is 0 Å². The zero-order chi connectivity index (χ0) is 17.6. The van der Waals surface area contributed by atoms with Crippen LogP contribution in [0.5, 0.6) is 0 Å². The number of nitrogens with one attached hydrogen (secondary N) is 2. The first-order chi connectivity index (χ1) is 12.0. The standard InChI is InChI=1S/C17H18N4O4/c1-21-15-14(17(24)20-21)10(7-11(19-15)9-4-5-9)16(23)18-8-12(22)13-3-2-6-25-13/h2-3,6-7,9,12,22H,4-5,8H2,1H3,(H,18,23)(H,20,24). The molecule has 8 heteroatoms. The lowest BCUT2D eigenvalue weighted by molar-refractivity contribution is 0.0902. The van der Waals surface area contributed by atoms with Gasteiger partial charge in [0.25, 0.3) is 11.5 Å². The maximum atomic E-state index is 12.6. The molecule has 1 amide bonds. The number of fused-ring (bicyclic) bond motifs is 1. The minimum absolute atomic E-state index is 0.0142. The third kappa shape index (κ3) is 2.85. The van der Waals surface area contributed by atoms with Crippen LogP contribution in [0.25, 0.3) is 11.0 Å². The van der Waals surface area contributed by atoms with Gasteiger partial charge < -0.3 is 14.8 Å². The van der Waals surface area contributed by atoms with Gasteiger partial charge >= 0.3 is 0 Å². The molecule has 25 heavy (non-hydrogen) atoms. The fourth-order valence-electron chi connectivity index (χ4n) is 2.91.